The van der Waals surface area contributed by atoms with Crippen LogP contribution in [0.2, 0.25) is 0 Å². The summed E-state index contributed by atoms with van der Waals surface area (Å²) in [6.07, 6.45) is 0. The maximum atomic E-state index is 12.9. The summed E-state index contributed by atoms with van der Waals surface area (Å²) >= 11 is 0. The van der Waals surface area contributed by atoms with Gasteiger partial charge in [0, 0.05) is 30.5 Å². The fraction of sp³-hybridized carbons (Fsp3) is 0.381. The second-order valence-corrected chi connectivity index (χ2v) is 6.24. The minimum Gasteiger partial charge on any atom is -0.497 e. The zero-order valence-electron chi connectivity index (χ0n) is 17.7. The number of hydrogen-bond acceptors (Lipinski definition) is 7. The summed E-state index contributed by atoms with van der Waals surface area (Å²) in [5, 5.41) is 2.49. The molecule has 1 aromatic carbocycles. The number of benzene rings is 1. The Balaban J connectivity index is 2.68. The number of hydrogen-bond donors (Lipinski definition) is 2. The number of rotatable bonds is 10. The Morgan fingerprint density at radius 3 is 2.43 bits per heavy atom. The lowest BCUT2D eigenvalue weighted by Gasteiger charge is -2.13. The van der Waals surface area contributed by atoms with E-state index in [1.54, 1.807) is 32.0 Å². The van der Waals surface area contributed by atoms with E-state index < -0.39 is 17.7 Å². The molecule has 162 valence electrons. The summed E-state index contributed by atoms with van der Waals surface area (Å²) in [5.41, 5.74) is 1.13. The molecule has 0 unspecified atom stereocenters. The molecule has 0 bridgehead atoms. The van der Waals surface area contributed by atoms with Crippen LogP contribution in [-0.2, 0) is 14.3 Å². The molecule has 9 heteroatoms. The molecule has 0 spiro atoms. The lowest BCUT2D eigenvalue weighted by atomic mass is 9.97. The van der Waals surface area contributed by atoms with Gasteiger partial charge in [-0.3, -0.25) is 9.59 Å². The lowest BCUT2D eigenvalue weighted by Crippen LogP contribution is -2.33. The first-order valence-corrected chi connectivity index (χ1v) is 9.33. The van der Waals surface area contributed by atoms with Crippen LogP contribution in [-0.4, -0.2) is 63.7 Å². The SMILES string of the molecule is CCOC(=O)c1c(C)[nH]c(C(=O)C(=O)NCCOC)c1-c1cc(OC)ccc1OC. The Morgan fingerprint density at radius 2 is 1.83 bits per heavy atom. The van der Waals surface area contributed by atoms with Gasteiger partial charge in [0.15, 0.2) is 0 Å². The van der Waals surface area contributed by atoms with Crippen LogP contribution < -0.4 is 14.8 Å². The highest BCUT2D eigenvalue weighted by Crippen LogP contribution is 2.39. The number of carbonyl (C=O) groups is 3. The molecular weight excluding hydrogens is 392 g/mol. The summed E-state index contributed by atoms with van der Waals surface area (Å²) in [6.45, 7) is 3.89. The molecule has 1 aromatic heterocycles. The number of nitrogens with one attached hydrogen (secondary N) is 2. The molecule has 2 aromatic rings. The largest absolute Gasteiger partial charge is 0.497 e. The molecule has 2 rings (SSSR count). The van der Waals surface area contributed by atoms with Crippen molar-refractivity contribution in [2.24, 2.45) is 0 Å². The van der Waals surface area contributed by atoms with Gasteiger partial charge in [0.2, 0.25) is 0 Å². The Labute approximate surface area is 174 Å². The van der Waals surface area contributed by atoms with Gasteiger partial charge in [-0.1, -0.05) is 0 Å². The Morgan fingerprint density at radius 1 is 1.10 bits per heavy atom. The maximum absolute atomic E-state index is 12.9. The van der Waals surface area contributed by atoms with E-state index in [1.165, 1.54) is 21.3 Å². The van der Waals surface area contributed by atoms with Crippen LogP contribution in [0.5, 0.6) is 11.5 Å². The quantitative estimate of drug-likeness (QED) is 0.263. The summed E-state index contributed by atoms with van der Waals surface area (Å²) in [5.74, 6) is -1.39. The number of H-pyrrole nitrogens is 1. The lowest BCUT2D eigenvalue weighted by molar-refractivity contribution is -0.117. The average Bonchev–Trinajstić information content (AvgIpc) is 3.09. The van der Waals surface area contributed by atoms with Crippen molar-refractivity contribution in [2.45, 2.75) is 13.8 Å². The third kappa shape index (κ3) is 4.80. The van der Waals surface area contributed by atoms with Gasteiger partial charge in [-0.05, 0) is 32.0 Å². The number of aromatic amines is 1. The number of ketones is 1. The second kappa shape index (κ2) is 10.4. The van der Waals surface area contributed by atoms with Gasteiger partial charge in [-0.2, -0.15) is 0 Å². The highest BCUT2D eigenvalue weighted by molar-refractivity contribution is 6.44. The average molecular weight is 418 g/mol. The first-order chi connectivity index (χ1) is 14.4. The van der Waals surface area contributed by atoms with Gasteiger partial charge in [-0.15, -0.1) is 0 Å². The molecule has 1 heterocycles. The van der Waals surface area contributed by atoms with E-state index in [2.05, 4.69) is 10.3 Å². The highest BCUT2D eigenvalue weighted by Gasteiger charge is 2.31. The van der Waals surface area contributed by atoms with Crippen molar-refractivity contribution in [3.63, 3.8) is 0 Å². The van der Waals surface area contributed by atoms with E-state index in [-0.39, 0.29) is 36.6 Å². The number of aromatic nitrogens is 1. The van der Waals surface area contributed by atoms with E-state index in [1.807, 2.05) is 0 Å². The van der Waals surface area contributed by atoms with Crippen molar-refractivity contribution in [3.05, 3.63) is 35.2 Å². The minimum absolute atomic E-state index is 0.0444. The number of Topliss-reactive ketones (excluding diaryl/α,β-unsaturated/α-hetero) is 1. The van der Waals surface area contributed by atoms with Crippen molar-refractivity contribution in [1.82, 2.24) is 10.3 Å². The monoisotopic (exact) mass is 418 g/mol. The number of esters is 1. The molecular formula is C21H26N2O7. The predicted molar refractivity (Wildman–Crippen MR) is 109 cm³/mol. The zero-order valence-corrected chi connectivity index (χ0v) is 17.7. The second-order valence-electron chi connectivity index (χ2n) is 6.24. The zero-order chi connectivity index (χ0) is 22.3. The van der Waals surface area contributed by atoms with Crippen molar-refractivity contribution in [2.75, 3.05) is 41.1 Å². The van der Waals surface area contributed by atoms with Crippen LogP contribution in [0.4, 0.5) is 0 Å². The number of carbonyl (C=O) groups excluding carboxylic acids is 3. The van der Waals surface area contributed by atoms with Gasteiger partial charge >= 0.3 is 5.97 Å². The van der Waals surface area contributed by atoms with Crippen molar-refractivity contribution in [3.8, 4) is 22.6 Å². The number of aryl methyl sites for hydroxylation is 1. The van der Waals surface area contributed by atoms with Gasteiger partial charge < -0.3 is 29.2 Å². The molecule has 0 saturated heterocycles. The van der Waals surface area contributed by atoms with Crippen LogP contribution in [0.1, 0.15) is 33.5 Å². The van der Waals surface area contributed by atoms with Crippen LogP contribution >= 0.6 is 0 Å². The number of ether oxygens (including phenoxy) is 4. The van der Waals surface area contributed by atoms with E-state index in [9.17, 15) is 14.4 Å². The summed E-state index contributed by atoms with van der Waals surface area (Å²) in [6, 6.07) is 4.97. The number of amides is 1. The van der Waals surface area contributed by atoms with Crippen LogP contribution in [0.25, 0.3) is 11.1 Å². The summed E-state index contributed by atoms with van der Waals surface area (Å²) in [7, 11) is 4.45. The Bertz CT molecular complexity index is 934. The fourth-order valence-corrected chi connectivity index (χ4v) is 2.99. The normalized spacial score (nSPS) is 10.4. The third-order valence-electron chi connectivity index (χ3n) is 4.37. The van der Waals surface area contributed by atoms with Crippen LogP contribution in [0.15, 0.2) is 18.2 Å². The molecule has 2 N–H and O–H groups in total. The van der Waals surface area contributed by atoms with Crippen molar-refractivity contribution >= 4 is 17.7 Å². The molecule has 0 radical (unpaired) electrons. The molecule has 0 aliphatic heterocycles. The van der Waals surface area contributed by atoms with Crippen LogP contribution in [0, 0.1) is 6.92 Å². The molecule has 0 saturated carbocycles. The van der Waals surface area contributed by atoms with Gasteiger partial charge in [0.05, 0.1) is 33.0 Å². The van der Waals surface area contributed by atoms with Crippen molar-refractivity contribution < 1.29 is 33.3 Å². The first kappa shape index (κ1) is 23.0. The fourth-order valence-electron chi connectivity index (χ4n) is 2.99. The maximum Gasteiger partial charge on any atom is 0.340 e. The van der Waals surface area contributed by atoms with E-state index in [0.717, 1.165) is 0 Å². The molecule has 30 heavy (non-hydrogen) atoms. The Kier molecular flexibility index (Phi) is 7.99. The van der Waals surface area contributed by atoms with Gasteiger partial charge in [0.25, 0.3) is 11.7 Å². The van der Waals surface area contributed by atoms with Gasteiger partial charge in [-0.25, -0.2) is 4.79 Å². The Hall–Kier alpha value is -3.33. The van der Waals surface area contributed by atoms with Gasteiger partial charge in [0.1, 0.15) is 17.2 Å². The molecule has 1 amide bonds. The summed E-state index contributed by atoms with van der Waals surface area (Å²) < 4.78 is 20.8. The summed E-state index contributed by atoms with van der Waals surface area (Å²) in [4.78, 5) is 40.9. The molecule has 9 nitrogen and oxygen atoms in total. The smallest absolute Gasteiger partial charge is 0.340 e. The molecule has 0 fully saturated rings. The van der Waals surface area contributed by atoms with E-state index in [4.69, 9.17) is 18.9 Å². The minimum atomic E-state index is -0.829. The van der Waals surface area contributed by atoms with Crippen molar-refractivity contribution in [1.29, 1.82) is 0 Å². The number of methoxy groups -OCH3 is 3. The standard InChI is InChI=1S/C21H26N2O7/c1-6-30-21(26)16-12(2)23-18(19(24)20(25)22-9-10-27-3)17(16)14-11-13(28-4)7-8-15(14)29-5/h7-8,11,23H,6,9-10H2,1-5H3,(H,22,25). The molecule has 0 atom stereocenters. The molecule has 0 aliphatic carbocycles. The topological polar surface area (TPSA) is 116 Å². The van der Waals surface area contributed by atoms with E-state index in [0.29, 0.717) is 22.8 Å². The highest BCUT2D eigenvalue weighted by atomic mass is 16.5. The predicted octanol–water partition coefficient (Wildman–Crippen LogP) is 2.13. The third-order valence-corrected chi connectivity index (χ3v) is 4.37. The van der Waals surface area contributed by atoms with E-state index >= 15 is 0 Å². The van der Waals surface area contributed by atoms with Crippen LogP contribution in [0.3, 0.4) is 0 Å². The first-order valence-electron chi connectivity index (χ1n) is 9.33. The molecule has 0 aliphatic rings.